The number of benzene rings is 2. The number of anilines is 1. The third kappa shape index (κ3) is 5.07. The summed E-state index contributed by atoms with van der Waals surface area (Å²) < 4.78 is 0. The smallest absolute Gasteiger partial charge is 0.275 e. The lowest BCUT2D eigenvalue weighted by Crippen LogP contribution is -2.37. The maximum atomic E-state index is 13.0. The number of carbonyl (C=O) groups excluding carboxylic acids is 2. The fourth-order valence-corrected chi connectivity index (χ4v) is 5.11. The first kappa shape index (κ1) is 22.2. The molecule has 0 radical (unpaired) electrons. The third-order valence-electron chi connectivity index (χ3n) is 5.92. The van der Waals surface area contributed by atoms with Gasteiger partial charge in [0.1, 0.15) is 5.69 Å². The molecule has 1 N–H and O–H groups in total. The fourth-order valence-electron chi connectivity index (χ4n) is 4.14. The summed E-state index contributed by atoms with van der Waals surface area (Å²) >= 11 is 1.54. The van der Waals surface area contributed by atoms with Crippen LogP contribution in [-0.2, 0) is 4.79 Å². The molecule has 0 atom stereocenters. The van der Waals surface area contributed by atoms with Gasteiger partial charge in [0.15, 0.2) is 0 Å². The highest BCUT2D eigenvalue weighted by molar-refractivity contribution is 7.10. The van der Waals surface area contributed by atoms with E-state index in [-0.39, 0.29) is 11.8 Å². The van der Waals surface area contributed by atoms with E-state index in [1.807, 2.05) is 66.6 Å². The quantitative estimate of drug-likeness (QED) is 0.513. The van der Waals surface area contributed by atoms with Gasteiger partial charge in [0.05, 0.1) is 5.01 Å². The monoisotopic (exact) mass is 447 g/mol. The Morgan fingerprint density at radius 1 is 1.12 bits per heavy atom. The Morgan fingerprint density at radius 3 is 2.59 bits per heavy atom. The molecule has 2 amide bonds. The van der Waals surface area contributed by atoms with Crippen molar-refractivity contribution in [2.45, 2.75) is 45.4 Å². The van der Waals surface area contributed by atoms with Crippen molar-refractivity contribution in [1.82, 2.24) is 9.88 Å². The van der Waals surface area contributed by atoms with Crippen LogP contribution in [0.25, 0.3) is 11.1 Å². The number of piperidine rings is 1. The van der Waals surface area contributed by atoms with Gasteiger partial charge in [0.2, 0.25) is 5.91 Å². The molecule has 32 heavy (non-hydrogen) atoms. The van der Waals surface area contributed by atoms with Gasteiger partial charge >= 0.3 is 0 Å². The number of rotatable bonds is 6. The Balaban J connectivity index is 1.44. The van der Waals surface area contributed by atoms with Gasteiger partial charge < -0.3 is 10.2 Å². The van der Waals surface area contributed by atoms with Crippen LogP contribution in [0.1, 0.15) is 59.6 Å². The van der Waals surface area contributed by atoms with Crippen LogP contribution in [0.3, 0.4) is 0 Å². The van der Waals surface area contributed by atoms with Gasteiger partial charge in [-0.2, -0.15) is 0 Å². The van der Waals surface area contributed by atoms with Crippen LogP contribution < -0.4 is 5.32 Å². The summed E-state index contributed by atoms with van der Waals surface area (Å²) in [6.45, 7) is 5.63. The maximum absolute atomic E-state index is 13.0. The Kier molecular flexibility index (Phi) is 7.00. The highest BCUT2D eigenvalue weighted by Gasteiger charge is 2.26. The predicted molar refractivity (Wildman–Crippen MR) is 130 cm³/mol. The van der Waals surface area contributed by atoms with Gasteiger partial charge in [-0.05, 0) is 43.9 Å². The van der Waals surface area contributed by atoms with Gasteiger partial charge in [-0.1, -0.05) is 48.9 Å². The number of hydrogen-bond donors (Lipinski definition) is 1. The summed E-state index contributed by atoms with van der Waals surface area (Å²) in [7, 11) is 0. The van der Waals surface area contributed by atoms with Crippen molar-refractivity contribution in [1.29, 1.82) is 0 Å². The summed E-state index contributed by atoms with van der Waals surface area (Å²) in [5.41, 5.74) is 4.44. The van der Waals surface area contributed by atoms with Crippen molar-refractivity contribution in [2.75, 3.05) is 18.4 Å². The highest BCUT2D eigenvalue weighted by atomic mass is 32.1. The number of aromatic nitrogens is 1. The molecule has 3 aromatic rings. The van der Waals surface area contributed by atoms with Crippen molar-refractivity contribution in [3.05, 3.63) is 70.2 Å². The van der Waals surface area contributed by atoms with Crippen LogP contribution in [0, 0.1) is 6.92 Å². The molecule has 166 valence electrons. The minimum atomic E-state index is -0.191. The van der Waals surface area contributed by atoms with Crippen molar-refractivity contribution in [3.8, 4) is 11.1 Å². The minimum Gasteiger partial charge on any atom is -0.343 e. The van der Waals surface area contributed by atoms with E-state index in [0.29, 0.717) is 18.0 Å². The number of nitrogens with one attached hydrogen (secondary N) is 1. The van der Waals surface area contributed by atoms with E-state index in [1.165, 1.54) is 0 Å². The van der Waals surface area contributed by atoms with Crippen LogP contribution in [0.4, 0.5) is 5.69 Å². The molecule has 1 aromatic heterocycles. The summed E-state index contributed by atoms with van der Waals surface area (Å²) in [6.07, 6.45) is 3.31. The van der Waals surface area contributed by atoms with E-state index >= 15 is 0 Å². The zero-order valence-corrected chi connectivity index (χ0v) is 19.5. The zero-order chi connectivity index (χ0) is 22.5. The fraction of sp³-hybridized carbons (Fsp3) is 0.346. The topological polar surface area (TPSA) is 62.3 Å². The number of thiazole rings is 1. The SMILES string of the molecule is CCCC(=O)N1CCC(c2nc(C(=O)Nc3ccc(C)cc3-c3ccccc3)cs2)CC1. The standard InChI is InChI=1S/C26H29N3O2S/c1-3-7-24(30)29-14-12-20(13-15-29)26-28-23(17-32-26)25(31)27-22-11-10-18(2)16-21(22)19-8-5-4-6-9-19/h4-6,8-11,16-17,20H,3,7,12-15H2,1-2H3,(H,27,31). The van der Waals surface area contributed by atoms with Gasteiger partial charge in [-0.15, -0.1) is 11.3 Å². The van der Waals surface area contributed by atoms with E-state index in [9.17, 15) is 9.59 Å². The molecule has 5 nitrogen and oxygen atoms in total. The Labute approximate surface area is 193 Å². The first-order valence-corrected chi connectivity index (χ1v) is 12.1. The van der Waals surface area contributed by atoms with Crippen molar-refractivity contribution >= 4 is 28.8 Å². The average molecular weight is 448 g/mol. The van der Waals surface area contributed by atoms with Crippen LogP contribution >= 0.6 is 11.3 Å². The number of carbonyl (C=O) groups is 2. The molecule has 2 aromatic carbocycles. The molecule has 0 aliphatic carbocycles. The number of nitrogens with zero attached hydrogens (tertiary/aromatic N) is 2. The van der Waals surface area contributed by atoms with Gasteiger partial charge in [0, 0.05) is 42.1 Å². The molecule has 0 unspecified atom stereocenters. The summed E-state index contributed by atoms with van der Waals surface area (Å²) in [5, 5.41) is 5.89. The molecular weight excluding hydrogens is 418 g/mol. The molecule has 1 saturated heterocycles. The van der Waals surface area contributed by atoms with Crippen LogP contribution in [0.15, 0.2) is 53.9 Å². The van der Waals surface area contributed by atoms with E-state index in [4.69, 9.17) is 0 Å². The van der Waals surface area contributed by atoms with E-state index in [2.05, 4.69) is 16.4 Å². The first-order valence-electron chi connectivity index (χ1n) is 11.3. The van der Waals surface area contributed by atoms with Crippen molar-refractivity contribution in [2.24, 2.45) is 0 Å². The second-order valence-electron chi connectivity index (χ2n) is 8.35. The highest BCUT2D eigenvalue weighted by Crippen LogP contribution is 2.32. The predicted octanol–water partition coefficient (Wildman–Crippen LogP) is 5.88. The molecule has 1 aliphatic heterocycles. The van der Waals surface area contributed by atoms with E-state index in [1.54, 1.807) is 11.3 Å². The minimum absolute atomic E-state index is 0.191. The molecule has 1 fully saturated rings. The molecule has 1 aliphatic rings. The van der Waals surface area contributed by atoms with E-state index in [0.717, 1.165) is 59.7 Å². The molecule has 2 heterocycles. The number of hydrogen-bond acceptors (Lipinski definition) is 4. The van der Waals surface area contributed by atoms with Crippen LogP contribution in [-0.4, -0.2) is 34.8 Å². The lowest BCUT2D eigenvalue weighted by Gasteiger charge is -2.31. The summed E-state index contributed by atoms with van der Waals surface area (Å²) in [5.74, 6) is 0.369. The zero-order valence-electron chi connectivity index (χ0n) is 18.6. The second-order valence-corrected chi connectivity index (χ2v) is 9.23. The van der Waals surface area contributed by atoms with Gasteiger partial charge in [0.25, 0.3) is 5.91 Å². The number of aryl methyl sites for hydroxylation is 1. The molecule has 6 heteroatoms. The molecular formula is C26H29N3O2S. The first-order chi connectivity index (χ1) is 15.5. The number of likely N-dealkylation sites (tertiary alicyclic amines) is 1. The summed E-state index contributed by atoms with van der Waals surface area (Å²) in [4.78, 5) is 31.7. The van der Waals surface area contributed by atoms with Crippen molar-refractivity contribution in [3.63, 3.8) is 0 Å². The second kappa shape index (κ2) is 10.1. The van der Waals surface area contributed by atoms with Crippen LogP contribution in [0.2, 0.25) is 0 Å². The average Bonchev–Trinajstić information content (AvgIpc) is 3.32. The Morgan fingerprint density at radius 2 is 1.88 bits per heavy atom. The molecule has 0 bridgehead atoms. The summed E-state index contributed by atoms with van der Waals surface area (Å²) in [6, 6.07) is 16.1. The molecule has 0 saturated carbocycles. The Hall–Kier alpha value is -2.99. The van der Waals surface area contributed by atoms with Crippen LogP contribution in [0.5, 0.6) is 0 Å². The lowest BCUT2D eigenvalue weighted by atomic mass is 9.97. The molecule has 0 spiro atoms. The van der Waals surface area contributed by atoms with Crippen molar-refractivity contribution < 1.29 is 9.59 Å². The maximum Gasteiger partial charge on any atom is 0.275 e. The Bertz CT molecular complexity index is 1090. The van der Waals surface area contributed by atoms with Gasteiger partial charge in [-0.3, -0.25) is 9.59 Å². The third-order valence-corrected chi connectivity index (χ3v) is 6.93. The number of amides is 2. The largest absolute Gasteiger partial charge is 0.343 e. The lowest BCUT2D eigenvalue weighted by molar-refractivity contribution is -0.132. The van der Waals surface area contributed by atoms with Gasteiger partial charge in [-0.25, -0.2) is 4.98 Å². The normalized spacial score (nSPS) is 14.4. The van der Waals surface area contributed by atoms with E-state index < -0.39 is 0 Å². The molecule has 4 rings (SSSR count).